The van der Waals surface area contributed by atoms with E-state index >= 15 is 0 Å². The van der Waals surface area contributed by atoms with Crippen LogP contribution in [0.5, 0.6) is 0 Å². The summed E-state index contributed by atoms with van der Waals surface area (Å²) in [5.74, 6) is -0.951. The Morgan fingerprint density at radius 2 is 2.29 bits per heavy atom. The number of hydrogen-bond donors (Lipinski definition) is 2. The number of rotatable bonds is 3. The molecule has 74 valence electrons. The van der Waals surface area contributed by atoms with E-state index in [0.717, 1.165) is 16.5 Å². The Morgan fingerprint density at radius 3 is 2.86 bits per heavy atom. The van der Waals surface area contributed by atoms with Crippen LogP contribution in [0.4, 0.5) is 5.69 Å². The number of carboxylic acid groups (broad SMARTS) is 1. The van der Waals surface area contributed by atoms with E-state index < -0.39 is 5.97 Å². The first kappa shape index (κ1) is 10.7. The molecule has 14 heavy (non-hydrogen) atoms. The molecule has 0 unspecified atom stereocenters. The minimum Gasteiger partial charge on any atom is -0.478 e. The van der Waals surface area contributed by atoms with Gasteiger partial charge in [0.1, 0.15) is 0 Å². The number of carbonyl (C=O) groups is 1. The van der Waals surface area contributed by atoms with Gasteiger partial charge in [0.2, 0.25) is 0 Å². The van der Waals surface area contributed by atoms with Crippen LogP contribution in [-0.4, -0.2) is 17.3 Å². The van der Waals surface area contributed by atoms with Gasteiger partial charge < -0.3 is 10.8 Å². The number of anilines is 1. The van der Waals surface area contributed by atoms with E-state index in [1.165, 1.54) is 11.8 Å². The van der Waals surface area contributed by atoms with Crippen LogP contribution in [0.2, 0.25) is 0 Å². The van der Waals surface area contributed by atoms with Gasteiger partial charge >= 0.3 is 5.97 Å². The molecule has 0 aromatic heterocycles. The maximum atomic E-state index is 10.3. The van der Waals surface area contributed by atoms with Crippen molar-refractivity contribution >= 4 is 29.5 Å². The van der Waals surface area contributed by atoms with Gasteiger partial charge in [0.25, 0.3) is 0 Å². The molecule has 0 atom stereocenters. The molecular formula is C10H11NO2S. The predicted molar refractivity (Wildman–Crippen MR) is 59.3 cm³/mol. The molecule has 1 rings (SSSR count). The van der Waals surface area contributed by atoms with Crippen LogP contribution in [0.1, 0.15) is 5.56 Å². The van der Waals surface area contributed by atoms with Crippen molar-refractivity contribution in [1.82, 2.24) is 0 Å². The molecule has 0 saturated carbocycles. The maximum absolute atomic E-state index is 10.3. The Balaban J connectivity index is 2.95. The van der Waals surface area contributed by atoms with Crippen LogP contribution in [0, 0.1) is 0 Å². The molecule has 0 bridgehead atoms. The standard InChI is InChI=1S/C10H11NO2S/c1-14-9-6-7(2-4-8(9)11)3-5-10(12)13/h2-6H,11H2,1H3,(H,12,13)/b5-3+. The molecular weight excluding hydrogens is 198 g/mol. The van der Waals surface area contributed by atoms with Crippen LogP contribution >= 0.6 is 11.8 Å². The molecule has 0 heterocycles. The van der Waals surface area contributed by atoms with Gasteiger partial charge in [-0.1, -0.05) is 6.07 Å². The van der Waals surface area contributed by atoms with Gasteiger partial charge in [-0.3, -0.25) is 0 Å². The summed E-state index contributed by atoms with van der Waals surface area (Å²) in [6.45, 7) is 0. The second kappa shape index (κ2) is 4.72. The SMILES string of the molecule is CSc1cc(/C=C/C(=O)O)ccc1N. The van der Waals surface area contributed by atoms with Crippen molar-refractivity contribution in [2.45, 2.75) is 4.90 Å². The third kappa shape index (κ3) is 2.81. The average Bonchev–Trinajstić information content (AvgIpc) is 2.16. The zero-order valence-corrected chi connectivity index (χ0v) is 8.54. The lowest BCUT2D eigenvalue weighted by molar-refractivity contribution is -0.131. The molecule has 0 fully saturated rings. The van der Waals surface area contributed by atoms with Crippen LogP contribution in [-0.2, 0) is 4.79 Å². The van der Waals surface area contributed by atoms with Gasteiger partial charge in [-0.2, -0.15) is 0 Å². The molecule has 0 saturated heterocycles. The minimum absolute atomic E-state index is 0.713. The lowest BCUT2D eigenvalue weighted by Crippen LogP contribution is -1.89. The first-order chi connectivity index (χ1) is 6.63. The molecule has 4 heteroatoms. The Bertz CT molecular complexity index is 374. The van der Waals surface area contributed by atoms with E-state index in [2.05, 4.69) is 0 Å². The van der Waals surface area contributed by atoms with E-state index in [1.54, 1.807) is 18.2 Å². The molecule has 0 aliphatic heterocycles. The van der Waals surface area contributed by atoms with E-state index in [4.69, 9.17) is 10.8 Å². The highest BCUT2D eigenvalue weighted by Gasteiger charge is 1.97. The van der Waals surface area contributed by atoms with Crippen LogP contribution < -0.4 is 5.73 Å². The van der Waals surface area contributed by atoms with Crippen molar-refractivity contribution in [3.8, 4) is 0 Å². The van der Waals surface area contributed by atoms with Crippen molar-refractivity contribution in [2.75, 3.05) is 12.0 Å². The highest BCUT2D eigenvalue weighted by molar-refractivity contribution is 7.98. The summed E-state index contributed by atoms with van der Waals surface area (Å²) in [6.07, 6.45) is 4.58. The lowest BCUT2D eigenvalue weighted by atomic mass is 10.2. The highest BCUT2D eigenvalue weighted by atomic mass is 32.2. The Hall–Kier alpha value is -1.42. The summed E-state index contributed by atoms with van der Waals surface area (Å²) < 4.78 is 0. The number of hydrogen-bond acceptors (Lipinski definition) is 3. The fraction of sp³-hybridized carbons (Fsp3) is 0.100. The van der Waals surface area contributed by atoms with Crippen molar-refractivity contribution in [1.29, 1.82) is 0 Å². The Morgan fingerprint density at radius 1 is 1.57 bits per heavy atom. The molecule has 0 radical (unpaired) electrons. The monoisotopic (exact) mass is 209 g/mol. The van der Waals surface area contributed by atoms with Gasteiger partial charge in [-0.15, -0.1) is 11.8 Å². The largest absolute Gasteiger partial charge is 0.478 e. The van der Waals surface area contributed by atoms with E-state index in [9.17, 15) is 4.79 Å². The van der Waals surface area contributed by atoms with Crippen LogP contribution in [0.15, 0.2) is 29.2 Å². The average molecular weight is 209 g/mol. The maximum Gasteiger partial charge on any atom is 0.328 e. The zero-order valence-electron chi connectivity index (χ0n) is 7.73. The van der Waals surface area contributed by atoms with E-state index in [1.807, 2.05) is 12.3 Å². The first-order valence-corrected chi connectivity index (χ1v) is 5.20. The number of benzene rings is 1. The van der Waals surface area contributed by atoms with Crippen molar-refractivity contribution in [3.63, 3.8) is 0 Å². The lowest BCUT2D eigenvalue weighted by Gasteiger charge is -2.02. The zero-order chi connectivity index (χ0) is 10.6. The third-order valence-corrected chi connectivity index (χ3v) is 2.47. The quantitative estimate of drug-likeness (QED) is 0.454. The second-order valence-corrected chi connectivity index (χ2v) is 3.52. The topological polar surface area (TPSA) is 63.3 Å². The Labute approximate surface area is 86.6 Å². The summed E-state index contributed by atoms with van der Waals surface area (Å²) in [6, 6.07) is 5.42. The molecule has 1 aromatic carbocycles. The molecule has 0 aliphatic rings. The summed E-state index contributed by atoms with van der Waals surface area (Å²) >= 11 is 1.54. The van der Waals surface area contributed by atoms with Gasteiger partial charge in [0.05, 0.1) is 0 Å². The summed E-state index contributed by atoms with van der Waals surface area (Å²) in [7, 11) is 0. The number of carboxylic acids is 1. The number of aliphatic carboxylic acids is 1. The van der Waals surface area contributed by atoms with Gasteiger partial charge in [0, 0.05) is 16.7 Å². The molecule has 3 nitrogen and oxygen atoms in total. The van der Waals surface area contributed by atoms with Crippen molar-refractivity contribution in [2.24, 2.45) is 0 Å². The normalized spacial score (nSPS) is 10.6. The summed E-state index contributed by atoms with van der Waals surface area (Å²) in [4.78, 5) is 11.2. The smallest absolute Gasteiger partial charge is 0.328 e. The fourth-order valence-electron chi connectivity index (χ4n) is 0.999. The summed E-state index contributed by atoms with van der Waals surface area (Å²) in [5, 5.41) is 8.44. The van der Waals surface area contributed by atoms with Gasteiger partial charge in [-0.25, -0.2) is 4.79 Å². The van der Waals surface area contributed by atoms with E-state index in [-0.39, 0.29) is 0 Å². The number of nitrogens with two attached hydrogens (primary N) is 1. The van der Waals surface area contributed by atoms with Crippen molar-refractivity contribution in [3.05, 3.63) is 29.8 Å². The molecule has 3 N–H and O–H groups in total. The second-order valence-electron chi connectivity index (χ2n) is 2.67. The minimum atomic E-state index is -0.951. The van der Waals surface area contributed by atoms with E-state index in [0.29, 0.717) is 5.69 Å². The highest BCUT2D eigenvalue weighted by Crippen LogP contribution is 2.24. The molecule has 0 amide bonds. The number of nitrogen functional groups attached to an aromatic ring is 1. The van der Waals surface area contributed by atoms with Crippen molar-refractivity contribution < 1.29 is 9.90 Å². The first-order valence-electron chi connectivity index (χ1n) is 3.98. The molecule has 0 spiro atoms. The summed E-state index contributed by atoms with van der Waals surface area (Å²) in [5.41, 5.74) is 7.25. The van der Waals surface area contributed by atoms with Crippen LogP contribution in [0.3, 0.4) is 0 Å². The number of thioether (sulfide) groups is 1. The molecule has 0 aliphatic carbocycles. The van der Waals surface area contributed by atoms with Gasteiger partial charge in [0.15, 0.2) is 0 Å². The Kier molecular flexibility index (Phi) is 3.59. The third-order valence-electron chi connectivity index (χ3n) is 1.68. The fourth-order valence-corrected chi connectivity index (χ4v) is 1.56. The molecule has 1 aromatic rings. The van der Waals surface area contributed by atoms with Gasteiger partial charge in [-0.05, 0) is 30.0 Å². The predicted octanol–water partition coefficient (Wildman–Crippen LogP) is 2.09. The van der Waals surface area contributed by atoms with Crippen LogP contribution in [0.25, 0.3) is 6.08 Å².